The summed E-state index contributed by atoms with van der Waals surface area (Å²) in [5, 5.41) is 10.7. The van der Waals surface area contributed by atoms with E-state index in [1.807, 2.05) is 4.57 Å². The summed E-state index contributed by atoms with van der Waals surface area (Å²) in [6.45, 7) is 0.359. The molecule has 0 spiro atoms. The van der Waals surface area contributed by atoms with Crippen LogP contribution in [0.1, 0.15) is 12.2 Å². The Balaban J connectivity index is 1.90. The van der Waals surface area contributed by atoms with Gasteiger partial charge in [0.05, 0.1) is 6.67 Å². The van der Waals surface area contributed by atoms with Gasteiger partial charge in [-0.05, 0) is 6.42 Å². The molecule has 5 N–H and O–H groups in total. The van der Waals surface area contributed by atoms with Gasteiger partial charge in [-0.3, -0.25) is 10.1 Å². The standard InChI is InChI=1S/C10H17N5O4S/c11-7(10(16)17)1-2-14-20(18,19)9-5-8-12-3-4-15(8)6-13-9/h3-4,7,9,13-14H,1-2,5-6,11H2,(H,16,17)/t7-,9?/m0/s1. The second-order valence-electron chi connectivity index (χ2n) is 4.54. The smallest absolute Gasteiger partial charge is 0.320 e. The number of rotatable bonds is 6. The molecule has 0 amide bonds. The minimum atomic E-state index is -3.59. The first kappa shape index (κ1) is 14.9. The molecule has 10 heteroatoms. The van der Waals surface area contributed by atoms with Gasteiger partial charge < -0.3 is 15.4 Å². The average Bonchev–Trinajstić information content (AvgIpc) is 2.85. The summed E-state index contributed by atoms with van der Waals surface area (Å²) in [6.07, 6.45) is 3.68. The van der Waals surface area contributed by atoms with Crippen LogP contribution in [-0.2, 0) is 27.9 Å². The molecule has 2 rings (SSSR count). The van der Waals surface area contributed by atoms with Gasteiger partial charge in [0.15, 0.2) is 0 Å². The molecular weight excluding hydrogens is 286 g/mol. The van der Waals surface area contributed by atoms with Crippen molar-refractivity contribution in [2.75, 3.05) is 6.54 Å². The monoisotopic (exact) mass is 303 g/mol. The fourth-order valence-corrected chi connectivity index (χ4v) is 3.18. The maximum atomic E-state index is 12.1. The number of nitrogens with zero attached hydrogens (tertiary/aromatic N) is 2. The first-order valence-corrected chi connectivity index (χ1v) is 7.65. The van der Waals surface area contributed by atoms with Crippen LogP contribution in [0.15, 0.2) is 12.4 Å². The molecule has 20 heavy (non-hydrogen) atoms. The molecule has 2 heterocycles. The Labute approximate surface area is 116 Å². The van der Waals surface area contributed by atoms with E-state index in [0.717, 1.165) is 0 Å². The van der Waals surface area contributed by atoms with Gasteiger partial charge in [0.25, 0.3) is 0 Å². The lowest BCUT2D eigenvalue weighted by Crippen LogP contribution is -2.49. The molecule has 1 aromatic heterocycles. The largest absolute Gasteiger partial charge is 0.480 e. The maximum Gasteiger partial charge on any atom is 0.320 e. The molecule has 1 aliphatic heterocycles. The van der Waals surface area contributed by atoms with E-state index < -0.39 is 27.4 Å². The van der Waals surface area contributed by atoms with E-state index in [0.29, 0.717) is 12.5 Å². The Kier molecular flexibility index (Phi) is 4.38. The summed E-state index contributed by atoms with van der Waals surface area (Å²) < 4.78 is 28.3. The van der Waals surface area contributed by atoms with Crippen molar-refractivity contribution in [2.45, 2.75) is 30.9 Å². The van der Waals surface area contributed by atoms with Gasteiger partial charge in [0, 0.05) is 25.4 Å². The molecule has 1 aromatic rings. The van der Waals surface area contributed by atoms with E-state index in [1.54, 1.807) is 12.4 Å². The second kappa shape index (κ2) is 5.87. The SMILES string of the molecule is N[C@@H](CCNS(=O)(=O)C1Cc2nccn2CN1)C(=O)O. The van der Waals surface area contributed by atoms with Crippen LogP contribution in [0.25, 0.3) is 0 Å². The van der Waals surface area contributed by atoms with Crippen LogP contribution in [0.5, 0.6) is 0 Å². The van der Waals surface area contributed by atoms with Gasteiger partial charge in [-0.25, -0.2) is 18.1 Å². The number of nitrogens with two attached hydrogens (primary N) is 1. The van der Waals surface area contributed by atoms with Crippen LogP contribution in [0.2, 0.25) is 0 Å². The number of fused-ring (bicyclic) bond motifs is 1. The van der Waals surface area contributed by atoms with Crippen molar-refractivity contribution in [3.8, 4) is 0 Å². The molecule has 0 saturated heterocycles. The van der Waals surface area contributed by atoms with Crippen molar-refractivity contribution in [1.82, 2.24) is 19.6 Å². The van der Waals surface area contributed by atoms with Crippen molar-refractivity contribution in [1.29, 1.82) is 0 Å². The Morgan fingerprint density at radius 1 is 1.70 bits per heavy atom. The zero-order valence-corrected chi connectivity index (χ0v) is 11.5. The van der Waals surface area contributed by atoms with E-state index in [2.05, 4.69) is 15.0 Å². The predicted octanol–water partition coefficient (Wildman–Crippen LogP) is -1.97. The first-order valence-electron chi connectivity index (χ1n) is 6.10. The molecule has 0 saturated carbocycles. The van der Waals surface area contributed by atoms with Crippen molar-refractivity contribution < 1.29 is 18.3 Å². The molecule has 1 aliphatic rings. The van der Waals surface area contributed by atoms with E-state index in [1.165, 1.54) is 0 Å². The lowest BCUT2D eigenvalue weighted by atomic mass is 10.2. The number of sulfonamides is 1. The van der Waals surface area contributed by atoms with Gasteiger partial charge in [-0.15, -0.1) is 0 Å². The van der Waals surface area contributed by atoms with Crippen LogP contribution in [0, 0.1) is 0 Å². The van der Waals surface area contributed by atoms with Gasteiger partial charge in [0.2, 0.25) is 10.0 Å². The highest BCUT2D eigenvalue weighted by atomic mass is 32.2. The molecule has 0 fully saturated rings. The molecule has 0 aliphatic carbocycles. The van der Waals surface area contributed by atoms with Gasteiger partial charge in [-0.1, -0.05) is 0 Å². The zero-order valence-electron chi connectivity index (χ0n) is 10.7. The van der Waals surface area contributed by atoms with E-state index >= 15 is 0 Å². The summed E-state index contributed by atoms with van der Waals surface area (Å²) in [6, 6.07) is -1.07. The van der Waals surface area contributed by atoms with Gasteiger partial charge in [0.1, 0.15) is 17.2 Å². The van der Waals surface area contributed by atoms with E-state index in [4.69, 9.17) is 10.8 Å². The molecular formula is C10H17N5O4S. The number of hydrogen-bond acceptors (Lipinski definition) is 6. The highest BCUT2D eigenvalue weighted by Crippen LogP contribution is 2.11. The van der Waals surface area contributed by atoms with Gasteiger partial charge >= 0.3 is 5.97 Å². The highest BCUT2D eigenvalue weighted by molar-refractivity contribution is 7.90. The summed E-state index contributed by atoms with van der Waals surface area (Å²) in [4.78, 5) is 14.6. The lowest BCUT2D eigenvalue weighted by molar-refractivity contribution is -0.138. The van der Waals surface area contributed by atoms with Crippen molar-refractivity contribution >= 4 is 16.0 Å². The number of aromatic nitrogens is 2. The third-order valence-electron chi connectivity index (χ3n) is 3.11. The number of carbonyl (C=O) groups is 1. The fraction of sp³-hybridized carbons (Fsp3) is 0.600. The summed E-state index contributed by atoms with van der Waals surface area (Å²) in [5.74, 6) is -0.455. The lowest BCUT2D eigenvalue weighted by Gasteiger charge is -2.25. The molecule has 0 radical (unpaired) electrons. The van der Waals surface area contributed by atoms with Crippen LogP contribution in [-0.4, -0.2) is 47.0 Å². The van der Waals surface area contributed by atoms with E-state index in [9.17, 15) is 13.2 Å². The normalized spacial score (nSPS) is 20.4. The first-order chi connectivity index (χ1) is 9.40. The summed E-state index contributed by atoms with van der Waals surface area (Å²) >= 11 is 0. The Hall–Kier alpha value is -1.49. The molecule has 9 nitrogen and oxygen atoms in total. The fourth-order valence-electron chi connectivity index (χ4n) is 1.91. The molecule has 1 unspecified atom stereocenters. The van der Waals surface area contributed by atoms with Gasteiger partial charge in [-0.2, -0.15) is 0 Å². The molecule has 0 aromatic carbocycles. The average molecular weight is 303 g/mol. The van der Waals surface area contributed by atoms with E-state index in [-0.39, 0.29) is 19.4 Å². The van der Waals surface area contributed by atoms with Crippen LogP contribution >= 0.6 is 0 Å². The Bertz CT molecular complexity index is 584. The Morgan fingerprint density at radius 2 is 2.45 bits per heavy atom. The third-order valence-corrected chi connectivity index (χ3v) is 4.80. The number of imidazole rings is 1. The molecule has 0 bridgehead atoms. The predicted molar refractivity (Wildman–Crippen MR) is 70.0 cm³/mol. The number of carboxylic acid groups (broad SMARTS) is 1. The van der Waals surface area contributed by atoms with Crippen LogP contribution < -0.4 is 15.8 Å². The molecule has 2 atom stereocenters. The topological polar surface area (TPSA) is 139 Å². The number of nitrogens with one attached hydrogen (secondary N) is 2. The number of aliphatic carboxylic acids is 1. The minimum Gasteiger partial charge on any atom is -0.480 e. The van der Waals surface area contributed by atoms with Crippen molar-refractivity contribution in [2.24, 2.45) is 5.73 Å². The summed E-state index contributed by atoms with van der Waals surface area (Å²) in [7, 11) is -3.59. The number of carboxylic acids is 1. The third kappa shape index (κ3) is 3.33. The quantitative estimate of drug-likeness (QED) is 0.478. The Morgan fingerprint density at radius 3 is 3.15 bits per heavy atom. The van der Waals surface area contributed by atoms with Crippen molar-refractivity contribution in [3.05, 3.63) is 18.2 Å². The molecule has 112 valence electrons. The number of hydrogen-bond donors (Lipinski definition) is 4. The van der Waals surface area contributed by atoms with Crippen LogP contribution in [0.4, 0.5) is 0 Å². The highest BCUT2D eigenvalue weighted by Gasteiger charge is 2.29. The summed E-state index contributed by atoms with van der Waals surface area (Å²) in [5.41, 5.74) is 5.31. The second-order valence-corrected chi connectivity index (χ2v) is 6.49. The maximum absolute atomic E-state index is 12.1. The zero-order chi connectivity index (χ0) is 14.8. The van der Waals surface area contributed by atoms with Crippen molar-refractivity contribution in [3.63, 3.8) is 0 Å². The minimum absolute atomic E-state index is 0.0115. The van der Waals surface area contributed by atoms with Crippen LogP contribution in [0.3, 0.4) is 0 Å².